The highest BCUT2D eigenvalue weighted by Gasteiger charge is 1.98. The van der Waals surface area contributed by atoms with Gasteiger partial charge in [-0.15, -0.1) is 8.67 Å². The van der Waals surface area contributed by atoms with Crippen LogP contribution in [0.1, 0.15) is 0 Å². The summed E-state index contributed by atoms with van der Waals surface area (Å²) in [5.74, 6) is 0. The fourth-order valence-corrected chi connectivity index (χ4v) is 0.424. The molecule has 0 radical (unpaired) electrons. The lowest BCUT2D eigenvalue weighted by molar-refractivity contribution is -0.202. The van der Waals surface area contributed by atoms with Gasteiger partial charge in [-0.05, 0) is 0 Å². The lowest BCUT2D eigenvalue weighted by Crippen LogP contribution is -1.95. The van der Waals surface area contributed by atoms with E-state index in [1.807, 2.05) is 0 Å². The SMILES string of the molecule is C1COOSOO1. The first-order valence-corrected chi connectivity index (χ1v) is 2.41. The standard InChI is InChI=1S/C2H4O4S/c1-2-4-6-7-5-3-1/h1-2H2. The Hall–Kier alpha value is 0.190. The van der Waals surface area contributed by atoms with E-state index in [-0.39, 0.29) is 0 Å². The van der Waals surface area contributed by atoms with Crippen molar-refractivity contribution in [3.05, 3.63) is 0 Å². The van der Waals surface area contributed by atoms with Crippen LogP contribution in [0, 0.1) is 0 Å². The topological polar surface area (TPSA) is 36.9 Å². The van der Waals surface area contributed by atoms with Crippen LogP contribution in [-0.4, -0.2) is 13.2 Å². The van der Waals surface area contributed by atoms with Crippen LogP contribution in [-0.2, 0) is 18.4 Å². The number of hydrogen-bond donors (Lipinski definition) is 0. The molecule has 7 heavy (non-hydrogen) atoms. The van der Waals surface area contributed by atoms with E-state index in [1.165, 1.54) is 0 Å². The van der Waals surface area contributed by atoms with E-state index in [0.29, 0.717) is 25.5 Å². The van der Waals surface area contributed by atoms with Crippen LogP contribution in [0.4, 0.5) is 0 Å². The van der Waals surface area contributed by atoms with E-state index in [0.717, 1.165) is 0 Å². The normalized spacial score (nSPS) is 24.0. The largest absolute Gasteiger partial charge is 0.228 e. The van der Waals surface area contributed by atoms with Gasteiger partial charge in [-0.1, -0.05) is 0 Å². The monoisotopic (exact) mass is 124 g/mol. The molecule has 4 nitrogen and oxygen atoms in total. The second-order valence-electron chi connectivity index (χ2n) is 0.848. The molecule has 1 heterocycles. The quantitative estimate of drug-likeness (QED) is 0.346. The zero-order valence-electron chi connectivity index (χ0n) is 3.46. The number of rotatable bonds is 0. The summed E-state index contributed by atoms with van der Waals surface area (Å²) in [5, 5.41) is 0. The fourth-order valence-electron chi connectivity index (χ4n) is 0.187. The zero-order chi connectivity index (χ0) is 4.95. The summed E-state index contributed by atoms with van der Waals surface area (Å²) in [4.78, 5) is 8.81. The summed E-state index contributed by atoms with van der Waals surface area (Å²) < 4.78 is 8.53. The molecule has 0 atom stereocenters. The lowest BCUT2D eigenvalue weighted by atomic mass is 10.8. The van der Waals surface area contributed by atoms with Crippen LogP contribution in [0.2, 0.25) is 0 Å². The molecular weight excluding hydrogens is 120 g/mol. The molecule has 0 aromatic heterocycles. The maximum atomic E-state index is 4.41. The molecule has 1 saturated heterocycles. The van der Waals surface area contributed by atoms with Gasteiger partial charge in [0.25, 0.3) is 0 Å². The van der Waals surface area contributed by atoms with Gasteiger partial charge in [-0.2, -0.15) is 0 Å². The van der Waals surface area contributed by atoms with Crippen molar-refractivity contribution in [2.75, 3.05) is 13.2 Å². The molecule has 0 bridgehead atoms. The zero-order valence-corrected chi connectivity index (χ0v) is 4.27. The number of hydrogen-bond acceptors (Lipinski definition) is 5. The van der Waals surface area contributed by atoms with Gasteiger partial charge >= 0.3 is 0 Å². The van der Waals surface area contributed by atoms with Gasteiger partial charge in [0, 0.05) is 0 Å². The molecule has 0 spiro atoms. The maximum absolute atomic E-state index is 4.41. The summed E-state index contributed by atoms with van der Waals surface area (Å²) in [6.07, 6.45) is 0. The van der Waals surface area contributed by atoms with Gasteiger partial charge in [-0.3, -0.25) is 0 Å². The molecule has 42 valence electrons. The van der Waals surface area contributed by atoms with Gasteiger partial charge in [0.05, 0.1) is 0 Å². The Labute approximate surface area is 45.0 Å². The molecule has 1 rings (SSSR count). The van der Waals surface area contributed by atoms with E-state index in [4.69, 9.17) is 0 Å². The second-order valence-corrected chi connectivity index (χ2v) is 1.26. The molecule has 0 unspecified atom stereocenters. The van der Waals surface area contributed by atoms with Crippen LogP contribution in [0.15, 0.2) is 0 Å². The van der Waals surface area contributed by atoms with Crippen LogP contribution >= 0.6 is 12.3 Å². The third kappa shape index (κ3) is 2.10. The first-order chi connectivity index (χ1) is 3.50. The van der Waals surface area contributed by atoms with Crippen LogP contribution in [0.25, 0.3) is 0 Å². The van der Waals surface area contributed by atoms with E-state index in [1.54, 1.807) is 0 Å². The Kier molecular flexibility index (Phi) is 2.46. The Morgan fingerprint density at radius 1 is 1.00 bits per heavy atom. The Balaban J connectivity index is 2.04. The predicted octanol–water partition coefficient (Wildman–Crippen LogP) is 0.460. The van der Waals surface area contributed by atoms with Crippen molar-refractivity contribution in [3.63, 3.8) is 0 Å². The Bertz CT molecular complexity index is 29.3. The minimum Gasteiger partial charge on any atom is -0.219 e. The van der Waals surface area contributed by atoms with Crippen molar-refractivity contribution in [1.29, 1.82) is 0 Å². The molecule has 0 aliphatic carbocycles. The van der Waals surface area contributed by atoms with Crippen LogP contribution in [0.5, 0.6) is 0 Å². The molecule has 5 heteroatoms. The van der Waals surface area contributed by atoms with Crippen molar-refractivity contribution in [2.45, 2.75) is 0 Å². The highest BCUT2D eigenvalue weighted by Crippen LogP contribution is 2.08. The molecule has 0 N–H and O–H groups in total. The fraction of sp³-hybridized carbons (Fsp3) is 1.00. The smallest absolute Gasteiger partial charge is 0.219 e. The molecule has 1 aliphatic rings. The van der Waals surface area contributed by atoms with Gasteiger partial charge < -0.3 is 0 Å². The molecule has 0 amide bonds. The van der Waals surface area contributed by atoms with E-state index in [2.05, 4.69) is 18.4 Å². The van der Waals surface area contributed by atoms with Crippen molar-refractivity contribution >= 4 is 12.3 Å². The average molecular weight is 124 g/mol. The van der Waals surface area contributed by atoms with Crippen molar-refractivity contribution in [1.82, 2.24) is 0 Å². The average Bonchev–Trinajstić information content (AvgIpc) is 1.90. The molecular formula is C2H4O4S. The third-order valence-corrected chi connectivity index (χ3v) is 0.705. The lowest BCUT2D eigenvalue weighted by Gasteiger charge is -1.86. The van der Waals surface area contributed by atoms with Gasteiger partial charge in [0.2, 0.25) is 12.3 Å². The first-order valence-electron chi connectivity index (χ1n) is 1.74. The van der Waals surface area contributed by atoms with Gasteiger partial charge in [0.15, 0.2) is 0 Å². The Morgan fingerprint density at radius 3 is 2.14 bits per heavy atom. The predicted molar refractivity (Wildman–Crippen MR) is 21.7 cm³/mol. The first kappa shape index (κ1) is 5.33. The van der Waals surface area contributed by atoms with E-state index < -0.39 is 0 Å². The highest BCUT2D eigenvalue weighted by atomic mass is 32.2. The van der Waals surface area contributed by atoms with Crippen molar-refractivity contribution in [2.24, 2.45) is 0 Å². The summed E-state index contributed by atoms with van der Waals surface area (Å²) in [6.45, 7) is 0.819. The minimum atomic E-state index is 0.410. The van der Waals surface area contributed by atoms with E-state index in [9.17, 15) is 0 Å². The summed E-state index contributed by atoms with van der Waals surface area (Å²) in [5.41, 5.74) is 0. The summed E-state index contributed by atoms with van der Waals surface area (Å²) in [7, 11) is 0. The van der Waals surface area contributed by atoms with Gasteiger partial charge in [-0.25, -0.2) is 9.78 Å². The van der Waals surface area contributed by atoms with Crippen LogP contribution < -0.4 is 0 Å². The summed E-state index contributed by atoms with van der Waals surface area (Å²) in [6, 6.07) is 0. The molecule has 0 aromatic carbocycles. The second kappa shape index (κ2) is 3.23. The minimum absolute atomic E-state index is 0.410. The molecule has 1 aliphatic heterocycles. The van der Waals surface area contributed by atoms with Crippen molar-refractivity contribution < 1.29 is 18.4 Å². The molecule has 1 fully saturated rings. The van der Waals surface area contributed by atoms with Crippen LogP contribution in [0.3, 0.4) is 0 Å². The van der Waals surface area contributed by atoms with Gasteiger partial charge in [0.1, 0.15) is 13.2 Å². The highest BCUT2D eigenvalue weighted by molar-refractivity contribution is 7.89. The molecule has 0 aromatic rings. The van der Waals surface area contributed by atoms with E-state index >= 15 is 0 Å². The van der Waals surface area contributed by atoms with Crippen molar-refractivity contribution in [3.8, 4) is 0 Å². The third-order valence-electron chi connectivity index (χ3n) is 0.402. The summed E-state index contributed by atoms with van der Waals surface area (Å²) >= 11 is 0.671. The maximum Gasteiger partial charge on any atom is 0.228 e. The molecule has 0 saturated carbocycles. The Morgan fingerprint density at radius 2 is 1.57 bits per heavy atom.